The molecule has 2 aliphatic rings. The first-order valence-electron chi connectivity index (χ1n) is 10.1. The predicted octanol–water partition coefficient (Wildman–Crippen LogP) is 3.29. The Kier molecular flexibility index (Phi) is 6.78. The van der Waals surface area contributed by atoms with E-state index in [0.717, 1.165) is 50.8 Å². The van der Waals surface area contributed by atoms with Crippen LogP contribution in [0.15, 0.2) is 24.3 Å². The Bertz CT molecular complexity index is 561. The molecule has 0 radical (unpaired) electrons. The number of aryl methyl sites for hydroxylation is 1. The summed E-state index contributed by atoms with van der Waals surface area (Å²) in [6.07, 6.45) is 7.33. The van der Waals surface area contributed by atoms with Gasteiger partial charge in [-0.25, -0.2) is 4.79 Å². The molecule has 0 bridgehead atoms. The van der Waals surface area contributed by atoms with Crippen molar-refractivity contribution in [3.05, 3.63) is 29.8 Å². The van der Waals surface area contributed by atoms with Crippen molar-refractivity contribution in [3.63, 3.8) is 0 Å². The number of hydrogen-bond donors (Lipinski definition) is 1. The summed E-state index contributed by atoms with van der Waals surface area (Å²) in [6, 6.07) is 9.20. The molecule has 144 valence electrons. The number of nitrogens with one attached hydrogen (secondary N) is 1. The van der Waals surface area contributed by atoms with Gasteiger partial charge in [-0.15, -0.1) is 0 Å². The summed E-state index contributed by atoms with van der Waals surface area (Å²) in [4.78, 5) is 17.1. The normalized spacial score (nSPS) is 20.2. The molecule has 5 nitrogen and oxygen atoms in total. The molecule has 1 unspecified atom stereocenters. The van der Waals surface area contributed by atoms with E-state index in [1.807, 2.05) is 17.0 Å². The van der Waals surface area contributed by atoms with Crippen LogP contribution in [0.4, 0.5) is 4.79 Å². The SMILES string of the molecule is COc1ccc(CCC(C)NC(=O)N2CCN(C3CCCC3)CC2)cc1. The first-order valence-corrected chi connectivity index (χ1v) is 10.1. The molecule has 2 amide bonds. The first kappa shape index (κ1) is 19.0. The van der Waals surface area contributed by atoms with Gasteiger partial charge in [-0.05, 0) is 50.3 Å². The van der Waals surface area contributed by atoms with Crippen LogP contribution in [-0.2, 0) is 6.42 Å². The second kappa shape index (κ2) is 9.26. The van der Waals surface area contributed by atoms with Crippen molar-refractivity contribution in [2.45, 2.75) is 57.5 Å². The van der Waals surface area contributed by atoms with Crippen molar-refractivity contribution in [2.24, 2.45) is 0 Å². The van der Waals surface area contributed by atoms with Gasteiger partial charge in [0.1, 0.15) is 5.75 Å². The highest BCUT2D eigenvalue weighted by atomic mass is 16.5. The maximum absolute atomic E-state index is 12.5. The number of carbonyl (C=O) groups is 1. The fraction of sp³-hybridized carbons (Fsp3) is 0.667. The van der Waals surface area contributed by atoms with Crippen LogP contribution in [0.25, 0.3) is 0 Å². The van der Waals surface area contributed by atoms with Crippen LogP contribution in [0, 0.1) is 0 Å². The number of methoxy groups -OCH3 is 1. The molecule has 26 heavy (non-hydrogen) atoms. The summed E-state index contributed by atoms with van der Waals surface area (Å²) < 4.78 is 5.19. The van der Waals surface area contributed by atoms with Crippen molar-refractivity contribution < 1.29 is 9.53 Å². The first-order chi connectivity index (χ1) is 12.7. The quantitative estimate of drug-likeness (QED) is 0.848. The summed E-state index contributed by atoms with van der Waals surface area (Å²) in [5.74, 6) is 0.881. The molecular formula is C21H33N3O2. The molecule has 1 saturated carbocycles. The van der Waals surface area contributed by atoms with Gasteiger partial charge in [0.25, 0.3) is 0 Å². The van der Waals surface area contributed by atoms with Gasteiger partial charge in [0.15, 0.2) is 0 Å². The van der Waals surface area contributed by atoms with Gasteiger partial charge < -0.3 is 15.0 Å². The molecule has 1 aromatic carbocycles. The Morgan fingerprint density at radius 1 is 1.15 bits per heavy atom. The summed E-state index contributed by atoms with van der Waals surface area (Å²) in [5, 5.41) is 3.17. The van der Waals surface area contributed by atoms with E-state index in [-0.39, 0.29) is 12.1 Å². The molecule has 1 saturated heterocycles. The third-order valence-corrected chi connectivity index (χ3v) is 5.84. The van der Waals surface area contributed by atoms with E-state index in [2.05, 4.69) is 29.3 Å². The molecule has 1 heterocycles. The lowest BCUT2D eigenvalue weighted by atomic mass is 10.1. The lowest BCUT2D eigenvalue weighted by Crippen LogP contribution is -2.54. The number of piperazine rings is 1. The second-order valence-corrected chi connectivity index (χ2v) is 7.70. The number of benzene rings is 1. The minimum Gasteiger partial charge on any atom is -0.497 e. The van der Waals surface area contributed by atoms with Gasteiger partial charge in [-0.1, -0.05) is 25.0 Å². The summed E-state index contributed by atoms with van der Waals surface area (Å²) in [7, 11) is 1.68. The molecule has 5 heteroatoms. The van der Waals surface area contributed by atoms with Gasteiger partial charge in [-0.2, -0.15) is 0 Å². The highest BCUT2D eigenvalue weighted by Crippen LogP contribution is 2.24. The van der Waals surface area contributed by atoms with Gasteiger partial charge in [-0.3, -0.25) is 4.90 Å². The number of urea groups is 1. The average Bonchev–Trinajstić information content (AvgIpc) is 3.21. The van der Waals surface area contributed by atoms with Crippen LogP contribution in [0.1, 0.15) is 44.6 Å². The van der Waals surface area contributed by atoms with E-state index in [1.165, 1.54) is 31.2 Å². The number of rotatable bonds is 6. The zero-order chi connectivity index (χ0) is 18.4. The molecule has 3 rings (SSSR count). The topological polar surface area (TPSA) is 44.8 Å². The fourth-order valence-corrected chi connectivity index (χ4v) is 4.11. The van der Waals surface area contributed by atoms with Crippen molar-refractivity contribution in [2.75, 3.05) is 33.3 Å². The number of carbonyl (C=O) groups excluding carboxylic acids is 1. The number of ether oxygens (including phenoxy) is 1. The maximum atomic E-state index is 12.5. The lowest BCUT2D eigenvalue weighted by molar-refractivity contribution is 0.108. The molecule has 1 aromatic rings. The average molecular weight is 360 g/mol. The van der Waals surface area contributed by atoms with E-state index in [1.54, 1.807) is 7.11 Å². The van der Waals surface area contributed by atoms with E-state index in [4.69, 9.17) is 4.74 Å². The summed E-state index contributed by atoms with van der Waals surface area (Å²) >= 11 is 0. The third-order valence-electron chi connectivity index (χ3n) is 5.84. The lowest BCUT2D eigenvalue weighted by Gasteiger charge is -2.38. The van der Waals surface area contributed by atoms with Crippen LogP contribution in [0.5, 0.6) is 5.75 Å². The summed E-state index contributed by atoms with van der Waals surface area (Å²) in [6.45, 7) is 5.86. The van der Waals surface area contributed by atoms with Crippen molar-refractivity contribution in [1.82, 2.24) is 15.1 Å². The molecule has 2 fully saturated rings. The minimum absolute atomic E-state index is 0.0957. The monoisotopic (exact) mass is 359 g/mol. The Labute approximate surface area is 157 Å². The number of nitrogens with zero attached hydrogens (tertiary/aromatic N) is 2. The van der Waals surface area contributed by atoms with Crippen LogP contribution in [0.2, 0.25) is 0 Å². The molecule has 1 aliphatic carbocycles. The second-order valence-electron chi connectivity index (χ2n) is 7.70. The van der Waals surface area contributed by atoms with Crippen molar-refractivity contribution in [1.29, 1.82) is 0 Å². The smallest absolute Gasteiger partial charge is 0.317 e. The Morgan fingerprint density at radius 2 is 1.81 bits per heavy atom. The highest BCUT2D eigenvalue weighted by Gasteiger charge is 2.28. The zero-order valence-electron chi connectivity index (χ0n) is 16.2. The molecule has 1 atom stereocenters. The van der Waals surface area contributed by atoms with Gasteiger partial charge in [0.2, 0.25) is 0 Å². The van der Waals surface area contributed by atoms with Crippen molar-refractivity contribution >= 4 is 6.03 Å². The van der Waals surface area contributed by atoms with Crippen LogP contribution in [0.3, 0.4) is 0 Å². The van der Waals surface area contributed by atoms with E-state index in [9.17, 15) is 4.79 Å². The maximum Gasteiger partial charge on any atom is 0.317 e. The molecular weight excluding hydrogens is 326 g/mol. The largest absolute Gasteiger partial charge is 0.497 e. The molecule has 1 N–H and O–H groups in total. The predicted molar refractivity (Wildman–Crippen MR) is 105 cm³/mol. The van der Waals surface area contributed by atoms with Crippen molar-refractivity contribution in [3.8, 4) is 5.75 Å². The van der Waals surface area contributed by atoms with Crippen LogP contribution in [-0.4, -0.2) is 61.2 Å². The highest BCUT2D eigenvalue weighted by molar-refractivity contribution is 5.74. The minimum atomic E-state index is 0.0957. The third kappa shape index (κ3) is 5.13. The van der Waals surface area contributed by atoms with Gasteiger partial charge in [0.05, 0.1) is 7.11 Å². The van der Waals surface area contributed by atoms with E-state index in [0.29, 0.717) is 0 Å². The van der Waals surface area contributed by atoms with Gasteiger partial charge >= 0.3 is 6.03 Å². The zero-order valence-corrected chi connectivity index (χ0v) is 16.2. The Morgan fingerprint density at radius 3 is 2.42 bits per heavy atom. The van der Waals surface area contributed by atoms with Crippen LogP contribution < -0.4 is 10.1 Å². The van der Waals surface area contributed by atoms with Crippen LogP contribution >= 0.6 is 0 Å². The van der Waals surface area contributed by atoms with E-state index < -0.39 is 0 Å². The number of hydrogen-bond acceptors (Lipinski definition) is 3. The molecule has 0 aromatic heterocycles. The molecule has 0 spiro atoms. The van der Waals surface area contributed by atoms with E-state index >= 15 is 0 Å². The summed E-state index contributed by atoms with van der Waals surface area (Å²) in [5.41, 5.74) is 1.28. The standard InChI is InChI=1S/C21H33N3O2/c1-17(7-8-18-9-11-20(26-2)12-10-18)22-21(25)24-15-13-23(14-16-24)19-5-3-4-6-19/h9-12,17,19H,3-8,13-16H2,1-2H3,(H,22,25). The van der Waals surface area contributed by atoms with Gasteiger partial charge in [0, 0.05) is 38.3 Å². The Hall–Kier alpha value is -1.75. The Balaban J connectivity index is 1.37. The molecule has 1 aliphatic heterocycles. The fourth-order valence-electron chi connectivity index (χ4n) is 4.11. The number of amides is 2.